The van der Waals surface area contributed by atoms with E-state index in [0.717, 1.165) is 5.56 Å². The number of aliphatic carboxylic acids is 1. The van der Waals surface area contributed by atoms with Crippen molar-refractivity contribution in [2.45, 2.75) is 20.0 Å². The van der Waals surface area contributed by atoms with Gasteiger partial charge in [-0.1, -0.05) is 11.6 Å². The highest BCUT2D eigenvalue weighted by Gasteiger charge is 2.30. The molecule has 0 fully saturated rings. The monoisotopic (exact) mass is 318 g/mol. The number of carboxylic acids is 1. The van der Waals surface area contributed by atoms with Crippen molar-refractivity contribution in [1.82, 2.24) is 0 Å². The zero-order chi connectivity index (χ0) is 16.2. The fourth-order valence-electron chi connectivity index (χ4n) is 2.15. The summed E-state index contributed by atoms with van der Waals surface area (Å²) in [5, 5.41) is 9.63. The van der Waals surface area contributed by atoms with E-state index in [9.17, 15) is 18.7 Å². The normalized spacial score (nSPS) is 18.2. The molecule has 0 saturated heterocycles. The van der Waals surface area contributed by atoms with Crippen LogP contribution in [-0.2, 0) is 4.79 Å². The maximum atomic E-state index is 13.6. The van der Waals surface area contributed by atoms with Crippen LogP contribution in [-0.4, -0.2) is 31.0 Å². The van der Waals surface area contributed by atoms with Gasteiger partial charge in [0.1, 0.15) is 11.9 Å². The molecule has 0 amide bonds. The van der Waals surface area contributed by atoms with Gasteiger partial charge >= 0.3 is 5.97 Å². The van der Waals surface area contributed by atoms with Crippen LogP contribution < -0.4 is 4.74 Å². The van der Waals surface area contributed by atoms with Crippen LogP contribution in [0.5, 0.6) is 5.75 Å². The van der Waals surface area contributed by atoms with Gasteiger partial charge in [0.15, 0.2) is 0 Å². The van der Waals surface area contributed by atoms with E-state index in [4.69, 9.17) is 16.3 Å². The number of halogens is 3. The van der Waals surface area contributed by atoms with E-state index in [1.807, 2.05) is 6.92 Å². The second-order valence-electron chi connectivity index (χ2n) is 4.66. The molecule has 0 aromatic heterocycles. The van der Waals surface area contributed by atoms with Crippen molar-refractivity contribution in [2.24, 2.45) is 5.92 Å². The number of alkyl halides is 2. The Hall–Kier alpha value is -1.62. The lowest BCUT2D eigenvalue weighted by atomic mass is 9.94. The van der Waals surface area contributed by atoms with Crippen molar-refractivity contribution in [2.75, 3.05) is 13.8 Å². The third-order valence-corrected chi connectivity index (χ3v) is 3.42. The molecule has 1 N–H and O–H groups in total. The third kappa shape index (κ3) is 3.94. The van der Waals surface area contributed by atoms with Gasteiger partial charge in [0.2, 0.25) is 0 Å². The molecule has 0 radical (unpaired) electrons. The number of fused-ring (bicyclic) bond motifs is 1. The molecule has 2 rings (SSSR count). The first kappa shape index (κ1) is 17.4. The summed E-state index contributed by atoms with van der Waals surface area (Å²) in [4.78, 5) is 11.3. The van der Waals surface area contributed by atoms with Gasteiger partial charge < -0.3 is 9.84 Å². The Kier molecular flexibility index (Phi) is 6.15. The zero-order valence-corrected chi connectivity index (χ0v) is 12.7. The van der Waals surface area contributed by atoms with Crippen molar-refractivity contribution in [3.8, 4) is 5.75 Å². The number of ether oxygens (including phenoxy) is 1. The van der Waals surface area contributed by atoms with Crippen LogP contribution in [0.15, 0.2) is 17.7 Å². The highest BCUT2D eigenvalue weighted by molar-refractivity contribution is 6.32. The number of hydrogen-bond donors (Lipinski definition) is 1. The minimum atomic E-state index is -1.31. The summed E-state index contributed by atoms with van der Waals surface area (Å²) in [6, 6.07) is 3.50. The van der Waals surface area contributed by atoms with E-state index in [2.05, 4.69) is 0 Å². The molecule has 0 aliphatic carbocycles. The van der Waals surface area contributed by atoms with Gasteiger partial charge in [-0.3, -0.25) is 4.39 Å². The second kappa shape index (κ2) is 7.41. The van der Waals surface area contributed by atoms with Crippen LogP contribution in [0.3, 0.4) is 0 Å². The summed E-state index contributed by atoms with van der Waals surface area (Å²) >= 11 is 6.08. The molecule has 2 unspecified atom stereocenters. The fourth-order valence-corrected chi connectivity index (χ4v) is 2.49. The third-order valence-electron chi connectivity index (χ3n) is 3.14. The summed E-state index contributed by atoms with van der Waals surface area (Å²) in [6.45, 7) is 3.14. The van der Waals surface area contributed by atoms with E-state index in [1.165, 1.54) is 13.0 Å². The van der Waals surface area contributed by atoms with Crippen LogP contribution in [0.2, 0.25) is 5.02 Å². The lowest BCUT2D eigenvalue weighted by molar-refractivity contribution is -0.133. The summed E-state index contributed by atoms with van der Waals surface area (Å²) < 4.78 is 28.6. The van der Waals surface area contributed by atoms with E-state index >= 15 is 0 Å². The molecule has 0 saturated carbocycles. The molecule has 1 aliphatic heterocycles. The number of carboxylic acid groups (broad SMARTS) is 1. The van der Waals surface area contributed by atoms with Gasteiger partial charge in [-0.2, -0.15) is 0 Å². The first-order chi connectivity index (χ1) is 9.90. The average molecular weight is 319 g/mol. The summed E-state index contributed by atoms with van der Waals surface area (Å²) in [6.07, 6.45) is 0.140. The molecule has 1 aliphatic rings. The number of benzene rings is 1. The van der Waals surface area contributed by atoms with Gasteiger partial charge in [0, 0.05) is 11.1 Å². The van der Waals surface area contributed by atoms with Gasteiger partial charge in [-0.15, -0.1) is 0 Å². The lowest BCUT2D eigenvalue weighted by Gasteiger charge is -2.17. The molecule has 0 spiro atoms. The highest BCUT2D eigenvalue weighted by atomic mass is 35.5. The predicted octanol–water partition coefficient (Wildman–Crippen LogP) is 4.07. The predicted molar refractivity (Wildman–Crippen MR) is 78.4 cm³/mol. The van der Waals surface area contributed by atoms with Crippen molar-refractivity contribution >= 4 is 23.6 Å². The van der Waals surface area contributed by atoms with Gasteiger partial charge in [-0.25, -0.2) is 9.18 Å². The first-order valence-electron chi connectivity index (χ1n) is 6.30. The fraction of sp³-hybridized carbons (Fsp3) is 0.400. The SMILES string of the molecule is CF.Cc1cc(Cl)c2c(c1)C=C(C(=O)O)C(C(C)F)CO2. The summed E-state index contributed by atoms with van der Waals surface area (Å²) in [5.74, 6) is -1.53. The Bertz CT molecular complexity index is 556. The molecule has 1 aromatic carbocycles. The van der Waals surface area contributed by atoms with Crippen LogP contribution in [0.4, 0.5) is 8.78 Å². The van der Waals surface area contributed by atoms with E-state index < -0.39 is 18.1 Å². The largest absolute Gasteiger partial charge is 0.491 e. The molecular formula is C15H17ClF2O3. The van der Waals surface area contributed by atoms with Crippen LogP contribution in [0.25, 0.3) is 6.08 Å². The van der Waals surface area contributed by atoms with Gasteiger partial charge in [0.05, 0.1) is 24.7 Å². The highest BCUT2D eigenvalue weighted by Crippen LogP contribution is 2.36. The van der Waals surface area contributed by atoms with Crippen LogP contribution in [0.1, 0.15) is 18.1 Å². The molecule has 1 heterocycles. The molecule has 116 valence electrons. The first-order valence-corrected chi connectivity index (χ1v) is 6.67. The van der Waals surface area contributed by atoms with Gasteiger partial charge in [-0.05, 0) is 37.6 Å². The second-order valence-corrected chi connectivity index (χ2v) is 5.07. The Labute approximate surface area is 127 Å². The van der Waals surface area contributed by atoms with Crippen molar-refractivity contribution in [3.63, 3.8) is 0 Å². The standard InChI is InChI=1S/C14H14ClFO3.CH3F/c1-7-3-9-5-10(14(17)18)11(8(2)16)6-19-13(9)12(15)4-7;1-2/h3-5,8,11H,6H2,1-2H3,(H,17,18);1H3. The average Bonchev–Trinajstić information content (AvgIpc) is 2.60. The lowest BCUT2D eigenvalue weighted by Crippen LogP contribution is -2.25. The number of carbonyl (C=O) groups is 1. The van der Waals surface area contributed by atoms with E-state index in [-0.39, 0.29) is 12.2 Å². The summed E-state index contributed by atoms with van der Waals surface area (Å²) in [5.41, 5.74) is 1.47. The molecule has 1 aromatic rings. The van der Waals surface area contributed by atoms with Crippen molar-refractivity contribution in [1.29, 1.82) is 0 Å². The number of rotatable bonds is 2. The van der Waals surface area contributed by atoms with E-state index in [1.54, 1.807) is 12.1 Å². The van der Waals surface area contributed by atoms with Crippen molar-refractivity contribution < 1.29 is 23.4 Å². The quantitative estimate of drug-likeness (QED) is 0.894. The minimum Gasteiger partial charge on any atom is -0.491 e. The molecule has 3 nitrogen and oxygen atoms in total. The number of aryl methyl sites for hydroxylation is 1. The molecule has 21 heavy (non-hydrogen) atoms. The maximum Gasteiger partial charge on any atom is 0.332 e. The molecular weight excluding hydrogens is 302 g/mol. The Morgan fingerprint density at radius 2 is 2.10 bits per heavy atom. The van der Waals surface area contributed by atoms with Crippen LogP contribution in [0, 0.1) is 12.8 Å². The molecule has 2 atom stereocenters. The topological polar surface area (TPSA) is 46.5 Å². The molecule has 6 heteroatoms. The van der Waals surface area contributed by atoms with Gasteiger partial charge in [0.25, 0.3) is 0 Å². The minimum absolute atomic E-state index is 0.00965. The number of hydrogen-bond acceptors (Lipinski definition) is 2. The van der Waals surface area contributed by atoms with Crippen LogP contribution >= 0.6 is 11.6 Å². The molecule has 0 bridgehead atoms. The smallest absolute Gasteiger partial charge is 0.332 e. The maximum absolute atomic E-state index is 13.6. The zero-order valence-electron chi connectivity index (χ0n) is 12.0. The summed E-state index contributed by atoms with van der Waals surface area (Å²) in [7, 11) is 0.500. The Balaban J connectivity index is 0.00000106. The van der Waals surface area contributed by atoms with E-state index in [0.29, 0.717) is 23.5 Å². The Morgan fingerprint density at radius 3 is 2.62 bits per heavy atom. The van der Waals surface area contributed by atoms with Crippen molar-refractivity contribution in [3.05, 3.63) is 33.9 Å². The Morgan fingerprint density at radius 1 is 1.48 bits per heavy atom.